The zero-order valence-electron chi connectivity index (χ0n) is 11.5. The molecule has 0 spiro atoms. The second kappa shape index (κ2) is 5.06. The summed E-state index contributed by atoms with van der Waals surface area (Å²) in [5.41, 5.74) is 0.854. The van der Waals surface area contributed by atoms with Gasteiger partial charge in [0.2, 0.25) is 0 Å². The van der Waals surface area contributed by atoms with Gasteiger partial charge in [-0.15, -0.1) is 0 Å². The molecule has 1 amide bonds. The number of amides is 1. The molecular formula is C14H12N6O2. The molecular weight excluding hydrogens is 284 g/mol. The lowest BCUT2D eigenvalue weighted by molar-refractivity contribution is 0.101. The van der Waals surface area contributed by atoms with Crippen LogP contribution in [0.5, 0.6) is 0 Å². The van der Waals surface area contributed by atoms with Crippen molar-refractivity contribution in [2.75, 3.05) is 5.32 Å². The van der Waals surface area contributed by atoms with Crippen molar-refractivity contribution >= 4 is 11.6 Å². The zero-order valence-corrected chi connectivity index (χ0v) is 11.5. The van der Waals surface area contributed by atoms with Gasteiger partial charge in [0.25, 0.3) is 5.91 Å². The molecule has 0 unspecified atom stereocenters. The van der Waals surface area contributed by atoms with Crippen molar-refractivity contribution in [3.8, 4) is 5.82 Å². The number of carbonyl (C=O) groups excluding carboxylic acids is 1. The average molecular weight is 296 g/mol. The third-order valence-corrected chi connectivity index (χ3v) is 3.40. The molecule has 3 aromatic heterocycles. The highest BCUT2D eigenvalue weighted by Gasteiger charge is 2.28. The van der Waals surface area contributed by atoms with E-state index in [2.05, 4.69) is 25.5 Å². The minimum absolute atomic E-state index is 0.280. The Balaban J connectivity index is 1.46. The molecule has 8 nitrogen and oxygen atoms in total. The average Bonchev–Trinajstić information content (AvgIpc) is 3.05. The number of pyridine rings is 1. The van der Waals surface area contributed by atoms with Gasteiger partial charge >= 0.3 is 0 Å². The molecule has 1 N–H and O–H groups in total. The molecule has 0 saturated heterocycles. The second-order valence-electron chi connectivity index (χ2n) is 5.09. The highest BCUT2D eigenvalue weighted by atomic mass is 16.5. The monoisotopic (exact) mass is 296 g/mol. The Kier molecular flexibility index (Phi) is 2.92. The lowest BCUT2D eigenvalue weighted by atomic mass is 10.2. The molecule has 1 aliphatic carbocycles. The summed E-state index contributed by atoms with van der Waals surface area (Å²) >= 11 is 0. The van der Waals surface area contributed by atoms with Gasteiger partial charge in [-0.3, -0.25) is 4.79 Å². The lowest BCUT2D eigenvalue weighted by Crippen LogP contribution is -2.12. The summed E-state index contributed by atoms with van der Waals surface area (Å²) in [5.74, 6) is 1.52. The fourth-order valence-corrected chi connectivity index (χ4v) is 2.07. The van der Waals surface area contributed by atoms with Crippen molar-refractivity contribution in [2.24, 2.45) is 0 Å². The number of carbonyl (C=O) groups is 1. The van der Waals surface area contributed by atoms with E-state index in [0.29, 0.717) is 17.4 Å². The standard InChI is InChI=1S/C14H12N6O2/c21-14(11-5-12(22-19-11)9-1-2-9)18-10-3-4-13(16-6-10)20-8-15-7-17-20/h3-9H,1-2H2,(H,18,21). The van der Waals surface area contributed by atoms with Crippen molar-refractivity contribution in [2.45, 2.75) is 18.8 Å². The van der Waals surface area contributed by atoms with Gasteiger partial charge in [-0.25, -0.2) is 14.6 Å². The topological polar surface area (TPSA) is 98.7 Å². The van der Waals surface area contributed by atoms with E-state index in [1.807, 2.05) is 0 Å². The van der Waals surface area contributed by atoms with E-state index in [0.717, 1.165) is 18.6 Å². The molecule has 110 valence electrons. The Hall–Kier alpha value is -3.03. The maximum atomic E-state index is 12.1. The highest BCUT2D eigenvalue weighted by Crippen LogP contribution is 2.40. The number of anilines is 1. The molecule has 8 heteroatoms. The quantitative estimate of drug-likeness (QED) is 0.788. The number of nitrogens with zero attached hydrogens (tertiary/aromatic N) is 5. The Morgan fingerprint density at radius 3 is 2.95 bits per heavy atom. The van der Waals surface area contributed by atoms with Crippen LogP contribution in [-0.2, 0) is 0 Å². The molecule has 0 bridgehead atoms. The summed E-state index contributed by atoms with van der Waals surface area (Å²) < 4.78 is 6.70. The summed E-state index contributed by atoms with van der Waals surface area (Å²) in [4.78, 5) is 20.2. The third-order valence-electron chi connectivity index (χ3n) is 3.40. The molecule has 4 rings (SSSR count). The van der Waals surface area contributed by atoms with Gasteiger partial charge in [0, 0.05) is 12.0 Å². The maximum absolute atomic E-state index is 12.1. The van der Waals surface area contributed by atoms with Crippen molar-refractivity contribution in [1.82, 2.24) is 24.9 Å². The fraction of sp³-hybridized carbons (Fsp3) is 0.214. The molecule has 1 saturated carbocycles. The van der Waals surface area contributed by atoms with Crippen LogP contribution in [0.15, 0.2) is 41.6 Å². The van der Waals surface area contributed by atoms with Crippen LogP contribution >= 0.6 is 0 Å². The van der Waals surface area contributed by atoms with Gasteiger partial charge in [0.1, 0.15) is 18.4 Å². The second-order valence-corrected chi connectivity index (χ2v) is 5.09. The highest BCUT2D eigenvalue weighted by molar-refractivity contribution is 6.02. The summed E-state index contributed by atoms with van der Waals surface area (Å²) in [7, 11) is 0. The molecule has 0 atom stereocenters. The number of hydrogen-bond acceptors (Lipinski definition) is 6. The number of nitrogens with one attached hydrogen (secondary N) is 1. The van der Waals surface area contributed by atoms with Gasteiger partial charge in [-0.1, -0.05) is 5.16 Å². The molecule has 3 aromatic rings. The van der Waals surface area contributed by atoms with Crippen LogP contribution in [0.3, 0.4) is 0 Å². The Bertz CT molecular complexity index is 789. The largest absolute Gasteiger partial charge is 0.360 e. The summed E-state index contributed by atoms with van der Waals surface area (Å²) in [6, 6.07) is 5.18. The minimum Gasteiger partial charge on any atom is -0.360 e. The molecule has 1 aliphatic rings. The normalized spacial score (nSPS) is 14.0. The molecule has 0 aromatic carbocycles. The van der Waals surface area contributed by atoms with Crippen LogP contribution in [0.1, 0.15) is 35.0 Å². The lowest BCUT2D eigenvalue weighted by Gasteiger charge is -2.03. The van der Waals surface area contributed by atoms with Crippen molar-refractivity contribution in [1.29, 1.82) is 0 Å². The molecule has 1 fully saturated rings. The Morgan fingerprint density at radius 1 is 1.36 bits per heavy atom. The van der Waals surface area contributed by atoms with E-state index < -0.39 is 0 Å². The van der Waals surface area contributed by atoms with E-state index in [9.17, 15) is 4.79 Å². The molecule has 0 aliphatic heterocycles. The summed E-state index contributed by atoms with van der Waals surface area (Å²) in [6.07, 6.45) is 6.74. The first-order valence-corrected chi connectivity index (χ1v) is 6.88. The molecule has 22 heavy (non-hydrogen) atoms. The van der Waals surface area contributed by atoms with E-state index in [4.69, 9.17) is 4.52 Å². The van der Waals surface area contributed by atoms with Crippen molar-refractivity contribution < 1.29 is 9.32 Å². The number of aromatic nitrogens is 5. The smallest absolute Gasteiger partial charge is 0.277 e. The Labute approximate surface area is 125 Å². The van der Waals surface area contributed by atoms with E-state index in [1.54, 1.807) is 30.7 Å². The first-order chi connectivity index (χ1) is 10.8. The zero-order chi connectivity index (χ0) is 14.9. The van der Waals surface area contributed by atoms with Crippen LogP contribution < -0.4 is 5.32 Å². The summed E-state index contributed by atoms with van der Waals surface area (Å²) in [5, 5.41) is 10.5. The third kappa shape index (κ3) is 2.46. The summed E-state index contributed by atoms with van der Waals surface area (Å²) in [6.45, 7) is 0. The maximum Gasteiger partial charge on any atom is 0.277 e. The number of rotatable bonds is 4. The van der Waals surface area contributed by atoms with E-state index in [-0.39, 0.29) is 11.6 Å². The predicted octanol–water partition coefficient (Wildman–Crippen LogP) is 1.78. The van der Waals surface area contributed by atoms with Crippen LogP contribution in [0.4, 0.5) is 5.69 Å². The minimum atomic E-state index is -0.314. The van der Waals surface area contributed by atoms with Gasteiger partial charge < -0.3 is 9.84 Å². The van der Waals surface area contributed by atoms with E-state index >= 15 is 0 Å². The van der Waals surface area contributed by atoms with Gasteiger partial charge in [0.15, 0.2) is 11.5 Å². The van der Waals surface area contributed by atoms with Gasteiger partial charge in [-0.05, 0) is 25.0 Å². The van der Waals surface area contributed by atoms with Crippen LogP contribution in [0.25, 0.3) is 5.82 Å². The van der Waals surface area contributed by atoms with Gasteiger partial charge in [0.05, 0.1) is 11.9 Å². The van der Waals surface area contributed by atoms with Gasteiger partial charge in [-0.2, -0.15) is 5.10 Å². The molecule has 0 radical (unpaired) electrons. The molecule has 3 heterocycles. The van der Waals surface area contributed by atoms with Crippen molar-refractivity contribution in [3.05, 3.63) is 48.5 Å². The fourth-order valence-electron chi connectivity index (χ4n) is 2.07. The van der Waals surface area contributed by atoms with E-state index in [1.165, 1.54) is 11.0 Å². The Morgan fingerprint density at radius 2 is 2.27 bits per heavy atom. The SMILES string of the molecule is O=C(Nc1ccc(-n2cncn2)nc1)c1cc(C2CC2)on1. The van der Waals surface area contributed by atoms with Crippen molar-refractivity contribution in [3.63, 3.8) is 0 Å². The van der Waals surface area contributed by atoms with Crippen LogP contribution in [-0.4, -0.2) is 30.8 Å². The first-order valence-electron chi connectivity index (χ1n) is 6.88. The van der Waals surface area contributed by atoms with Crippen LogP contribution in [0.2, 0.25) is 0 Å². The van der Waals surface area contributed by atoms with Crippen LogP contribution in [0, 0.1) is 0 Å². The predicted molar refractivity (Wildman–Crippen MR) is 75.6 cm³/mol. The first kappa shape index (κ1) is 12.7. The number of hydrogen-bond donors (Lipinski definition) is 1.